The van der Waals surface area contributed by atoms with E-state index in [1.165, 1.54) is 6.20 Å². The van der Waals surface area contributed by atoms with E-state index in [1.54, 1.807) is 10.7 Å². The van der Waals surface area contributed by atoms with Crippen molar-refractivity contribution in [2.75, 3.05) is 0 Å². The molecule has 2 rings (SSSR count). The molecule has 0 atom stereocenters. The number of carboxylic acid groups (broad SMARTS) is 1. The number of carbonyl (C=O) groups is 1. The van der Waals surface area contributed by atoms with Gasteiger partial charge in [-0.3, -0.25) is 0 Å². The Labute approximate surface area is 110 Å². The van der Waals surface area contributed by atoms with Gasteiger partial charge in [0.25, 0.3) is 0 Å². The maximum absolute atomic E-state index is 11.2. The number of para-hydroxylation sites is 1. The van der Waals surface area contributed by atoms with Crippen molar-refractivity contribution in [3.8, 4) is 5.69 Å². The summed E-state index contributed by atoms with van der Waals surface area (Å²) < 4.78 is 1.59. The van der Waals surface area contributed by atoms with Crippen LogP contribution in [0.2, 0.25) is 5.02 Å². The molecule has 94 valence electrons. The summed E-state index contributed by atoms with van der Waals surface area (Å²) in [5, 5.41) is 13.8. The van der Waals surface area contributed by atoms with Crippen molar-refractivity contribution in [2.24, 2.45) is 0 Å². The van der Waals surface area contributed by atoms with Crippen molar-refractivity contribution in [1.82, 2.24) is 9.78 Å². The molecule has 0 fully saturated rings. The molecule has 0 aliphatic heterocycles. The molecule has 18 heavy (non-hydrogen) atoms. The summed E-state index contributed by atoms with van der Waals surface area (Å²) in [5.41, 5.74) is 1.55. The van der Waals surface area contributed by atoms with Crippen molar-refractivity contribution >= 4 is 17.6 Å². The fourth-order valence-electron chi connectivity index (χ4n) is 1.89. The minimum atomic E-state index is -0.975. The molecule has 0 unspecified atom stereocenters. The van der Waals surface area contributed by atoms with E-state index >= 15 is 0 Å². The molecular weight excluding hydrogens is 252 g/mol. The van der Waals surface area contributed by atoms with Crippen molar-refractivity contribution in [1.29, 1.82) is 0 Å². The molecule has 0 radical (unpaired) electrons. The smallest absolute Gasteiger partial charge is 0.339 e. The lowest BCUT2D eigenvalue weighted by Gasteiger charge is -2.12. The van der Waals surface area contributed by atoms with Gasteiger partial charge in [0.1, 0.15) is 5.56 Å². The van der Waals surface area contributed by atoms with Crippen LogP contribution in [0.4, 0.5) is 0 Å². The highest BCUT2D eigenvalue weighted by atomic mass is 35.5. The number of rotatable bonds is 3. The Morgan fingerprint density at radius 2 is 2.06 bits per heavy atom. The minimum Gasteiger partial charge on any atom is -0.478 e. The molecule has 1 heterocycles. The first-order valence-corrected chi connectivity index (χ1v) is 5.96. The first kappa shape index (κ1) is 12.6. The maximum Gasteiger partial charge on any atom is 0.339 e. The largest absolute Gasteiger partial charge is 0.478 e. The lowest BCUT2D eigenvalue weighted by molar-refractivity contribution is 0.0695. The number of hydrogen-bond acceptors (Lipinski definition) is 2. The fourth-order valence-corrected chi connectivity index (χ4v) is 2.11. The highest BCUT2D eigenvalue weighted by Crippen LogP contribution is 2.26. The van der Waals surface area contributed by atoms with Crippen LogP contribution < -0.4 is 0 Å². The van der Waals surface area contributed by atoms with E-state index in [1.807, 2.05) is 32.0 Å². The monoisotopic (exact) mass is 264 g/mol. The zero-order chi connectivity index (χ0) is 13.3. The van der Waals surface area contributed by atoms with E-state index in [4.69, 9.17) is 16.7 Å². The number of benzene rings is 1. The van der Waals surface area contributed by atoms with Crippen LogP contribution >= 0.6 is 11.6 Å². The van der Waals surface area contributed by atoms with Gasteiger partial charge in [-0.05, 0) is 18.1 Å². The van der Waals surface area contributed by atoms with Gasteiger partial charge in [-0.2, -0.15) is 5.10 Å². The van der Waals surface area contributed by atoms with E-state index in [9.17, 15) is 4.79 Å². The molecule has 0 spiro atoms. The lowest BCUT2D eigenvalue weighted by atomic mass is 10.1. The maximum atomic E-state index is 11.2. The number of halogens is 1. The zero-order valence-corrected chi connectivity index (χ0v) is 10.8. The number of nitrogens with zero attached hydrogens (tertiary/aromatic N) is 2. The predicted molar refractivity (Wildman–Crippen MR) is 69.6 cm³/mol. The Morgan fingerprint density at radius 1 is 1.39 bits per heavy atom. The van der Waals surface area contributed by atoms with Gasteiger partial charge in [-0.1, -0.05) is 37.6 Å². The summed E-state index contributed by atoms with van der Waals surface area (Å²) >= 11 is 6.12. The summed E-state index contributed by atoms with van der Waals surface area (Å²) in [6, 6.07) is 7.23. The molecule has 2 aromatic rings. The van der Waals surface area contributed by atoms with Gasteiger partial charge in [0.2, 0.25) is 0 Å². The Balaban J connectivity index is 2.66. The second kappa shape index (κ2) is 4.82. The first-order chi connectivity index (χ1) is 8.52. The van der Waals surface area contributed by atoms with Crippen molar-refractivity contribution < 1.29 is 9.90 Å². The van der Waals surface area contributed by atoms with E-state index in [0.29, 0.717) is 16.4 Å². The minimum absolute atomic E-state index is 0.0369. The summed E-state index contributed by atoms with van der Waals surface area (Å²) in [7, 11) is 0. The Morgan fingerprint density at radius 3 is 2.61 bits per heavy atom. The fraction of sp³-hybridized carbons (Fsp3) is 0.231. The molecule has 5 heteroatoms. The average Bonchev–Trinajstić information content (AvgIpc) is 2.74. The topological polar surface area (TPSA) is 55.1 Å². The number of aromatic carboxylic acids is 1. The van der Waals surface area contributed by atoms with Gasteiger partial charge in [-0.15, -0.1) is 0 Å². The molecule has 1 aromatic heterocycles. The molecule has 0 bridgehead atoms. The molecule has 0 saturated carbocycles. The third-order valence-corrected chi connectivity index (χ3v) is 2.98. The number of aromatic nitrogens is 2. The summed E-state index contributed by atoms with van der Waals surface area (Å²) in [5.74, 6) is -0.938. The Bertz CT molecular complexity index is 590. The molecule has 0 aliphatic carbocycles. The van der Waals surface area contributed by atoms with Gasteiger partial charge in [0.15, 0.2) is 0 Å². The predicted octanol–water partition coefficient (Wildman–Crippen LogP) is 3.35. The summed E-state index contributed by atoms with van der Waals surface area (Å²) in [6.45, 7) is 3.85. The van der Waals surface area contributed by atoms with Crippen molar-refractivity contribution in [3.63, 3.8) is 0 Å². The van der Waals surface area contributed by atoms with Crippen molar-refractivity contribution in [3.05, 3.63) is 46.7 Å². The van der Waals surface area contributed by atoms with Gasteiger partial charge in [0, 0.05) is 0 Å². The standard InChI is InChI=1S/C13H13ClN2O2/c1-8(2)12-9(13(17)18)7-15-16(12)11-6-4-3-5-10(11)14/h3-8H,1-2H3,(H,17,18). The molecule has 1 N–H and O–H groups in total. The van der Waals surface area contributed by atoms with Crippen LogP contribution in [-0.2, 0) is 0 Å². The molecular formula is C13H13ClN2O2. The van der Waals surface area contributed by atoms with Crippen LogP contribution in [0.25, 0.3) is 5.69 Å². The lowest BCUT2D eigenvalue weighted by Crippen LogP contribution is -2.08. The average molecular weight is 265 g/mol. The third-order valence-electron chi connectivity index (χ3n) is 2.66. The zero-order valence-electron chi connectivity index (χ0n) is 10.1. The van der Waals surface area contributed by atoms with Crippen LogP contribution in [0.1, 0.15) is 35.8 Å². The highest BCUT2D eigenvalue weighted by Gasteiger charge is 2.20. The summed E-state index contributed by atoms with van der Waals surface area (Å²) in [6.07, 6.45) is 1.36. The highest BCUT2D eigenvalue weighted by molar-refractivity contribution is 6.32. The normalized spacial score (nSPS) is 10.9. The molecule has 0 amide bonds. The third kappa shape index (κ3) is 2.11. The summed E-state index contributed by atoms with van der Waals surface area (Å²) in [4.78, 5) is 11.2. The van der Waals surface area contributed by atoms with Gasteiger partial charge in [0.05, 0.1) is 22.6 Å². The van der Waals surface area contributed by atoms with Crippen LogP contribution in [0.15, 0.2) is 30.5 Å². The second-order valence-corrected chi connectivity index (χ2v) is 4.67. The van der Waals surface area contributed by atoms with Gasteiger partial charge < -0.3 is 5.11 Å². The Hall–Kier alpha value is -1.81. The molecule has 0 aliphatic rings. The molecule has 0 saturated heterocycles. The van der Waals surface area contributed by atoms with Crippen LogP contribution in [0.3, 0.4) is 0 Å². The van der Waals surface area contributed by atoms with E-state index in [0.717, 1.165) is 0 Å². The van der Waals surface area contributed by atoms with E-state index < -0.39 is 5.97 Å². The number of hydrogen-bond donors (Lipinski definition) is 1. The van der Waals surface area contributed by atoms with Crippen LogP contribution in [0.5, 0.6) is 0 Å². The van der Waals surface area contributed by atoms with Crippen molar-refractivity contribution in [2.45, 2.75) is 19.8 Å². The van der Waals surface area contributed by atoms with E-state index in [2.05, 4.69) is 5.10 Å². The first-order valence-electron chi connectivity index (χ1n) is 5.58. The second-order valence-electron chi connectivity index (χ2n) is 4.27. The SMILES string of the molecule is CC(C)c1c(C(=O)O)cnn1-c1ccccc1Cl. The Kier molecular flexibility index (Phi) is 3.39. The van der Waals surface area contributed by atoms with Gasteiger partial charge >= 0.3 is 5.97 Å². The van der Waals surface area contributed by atoms with Crippen LogP contribution in [-0.4, -0.2) is 20.9 Å². The van der Waals surface area contributed by atoms with Gasteiger partial charge in [-0.25, -0.2) is 9.48 Å². The molecule has 4 nitrogen and oxygen atoms in total. The number of carboxylic acids is 1. The van der Waals surface area contributed by atoms with Crippen LogP contribution in [0, 0.1) is 0 Å². The van der Waals surface area contributed by atoms with E-state index in [-0.39, 0.29) is 11.5 Å². The molecule has 1 aromatic carbocycles. The quantitative estimate of drug-likeness (QED) is 0.925.